The molecule has 1 amide bonds. The molecule has 0 aromatic carbocycles. The van der Waals surface area contributed by atoms with Crippen molar-refractivity contribution in [3.63, 3.8) is 0 Å². The van der Waals surface area contributed by atoms with Gasteiger partial charge >= 0.3 is 0 Å². The first-order valence-corrected chi connectivity index (χ1v) is 6.61. The Morgan fingerprint density at radius 3 is 2.75 bits per heavy atom. The van der Waals surface area contributed by atoms with Crippen molar-refractivity contribution >= 4 is 17.2 Å². The Morgan fingerprint density at radius 2 is 2.19 bits per heavy atom. The second-order valence-electron chi connectivity index (χ2n) is 4.43. The number of rotatable bonds is 3. The van der Waals surface area contributed by atoms with Crippen LogP contribution < -0.4 is 5.32 Å². The maximum absolute atomic E-state index is 11.9. The predicted molar refractivity (Wildman–Crippen MR) is 64.7 cm³/mol. The molecule has 1 aliphatic carbocycles. The average molecular weight is 239 g/mol. The maximum atomic E-state index is 11.9. The summed E-state index contributed by atoms with van der Waals surface area (Å²) in [6.07, 6.45) is 5.16. The molecule has 2 rings (SSSR count). The van der Waals surface area contributed by atoms with Crippen LogP contribution in [0.1, 0.15) is 41.8 Å². The Bertz CT molecular complexity index is 342. The zero-order valence-corrected chi connectivity index (χ0v) is 10.1. The molecule has 0 saturated heterocycles. The van der Waals surface area contributed by atoms with Crippen molar-refractivity contribution in [2.75, 3.05) is 6.61 Å². The normalized spacial score (nSPS) is 19.3. The monoisotopic (exact) mass is 239 g/mol. The van der Waals surface area contributed by atoms with Gasteiger partial charge in [-0.05, 0) is 24.3 Å². The van der Waals surface area contributed by atoms with Gasteiger partial charge in [0.15, 0.2) is 0 Å². The van der Waals surface area contributed by atoms with E-state index in [0.29, 0.717) is 0 Å². The summed E-state index contributed by atoms with van der Waals surface area (Å²) in [6.45, 7) is 0.0457. The fourth-order valence-electron chi connectivity index (χ4n) is 2.26. The Labute approximate surface area is 99.5 Å². The van der Waals surface area contributed by atoms with Gasteiger partial charge in [-0.1, -0.05) is 25.3 Å². The molecule has 1 heterocycles. The molecule has 1 fully saturated rings. The van der Waals surface area contributed by atoms with Crippen molar-refractivity contribution < 1.29 is 9.90 Å². The number of nitrogens with one attached hydrogen (secondary N) is 1. The third kappa shape index (κ3) is 2.44. The number of carbonyl (C=O) groups is 1. The molecule has 88 valence electrons. The van der Waals surface area contributed by atoms with Crippen LogP contribution in [-0.4, -0.2) is 23.2 Å². The van der Waals surface area contributed by atoms with Crippen LogP contribution >= 0.6 is 11.3 Å². The maximum Gasteiger partial charge on any atom is 0.261 e. The summed E-state index contributed by atoms with van der Waals surface area (Å²) in [4.78, 5) is 12.6. The van der Waals surface area contributed by atoms with Gasteiger partial charge in [0.25, 0.3) is 5.91 Å². The van der Waals surface area contributed by atoms with Gasteiger partial charge in [0, 0.05) is 0 Å². The van der Waals surface area contributed by atoms with Crippen LogP contribution in [0.15, 0.2) is 17.5 Å². The molecular weight excluding hydrogens is 222 g/mol. The SMILES string of the molecule is O=C(NC1(CO)CCCCC1)c1cccs1. The quantitative estimate of drug-likeness (QED) is 0.849. The highest BCUT2D eigenvalue weighted by molar-refractivity contribution is 7.12. The van der Waals surface area contributed by atoms with Gasteiger partial charge in [0.1, 0.15) is 0 Å². The van der Waals surface area contributed by atoms with Crippen molar-refractivity contribution in [2.24, 2.45) is 0 Å². The van der Waals surface area contributed by atoms with E-state index in [1.54, 1.807) is 0 Å². The lowest BCUT2D eigenvalue weighted by atomic mass is 9.82. The minimum absolute atomic E-state index is 0.0457. The van der Waals surface area contributed by atoms with Gasteiger partial charge in [0.2, 0.25) is 0 Å². The average Bonchev–Trinajstić information content (AvgIpc) is 2.84. The highest BCUT2D eigenvalue weighted by Crippen LogP contribution is 2.28. The predicted octanol–water partition coefficient (Wildman–Crippen LogP) is 2.17. The van der Waals surface area contributed by atoms with E-state index in [1.165, 1.54) is 17.8 Å². The zero-order valence-electron chi connectivity index (χ0n) is 9.24. The lowest BCUT2D eigenvalue weighted by Crippen LogP contribution is -2.52. The smallest absolute Gasteiger partial charge is 0.261 e. The van der Waals surface area contributed by atoms with Gasteiger partial charge < -0.3 is 10.4 Å². The molecule has 1 saturated carbocycles. The van der Waals surface area contributed by atoms with Crippen LogP contribution in [0.25, 0.3) is 0 Å². The summed E-state index contributed by atoms with van der Waals surface area (Å²) < 4.78 is 0. The van der Waals surface area contributed by atoms with Crippen LogP contribution in [0.5, 0.6) is 0 Å². The molecule has 3 nitrogen and oxygen atoms in total. The van der Waals surface area contributed by atoms with E-state index in [0.717, 1.165) is 30.6 Å². The molecule has 0 aliphatic heterocycles. The van der Waals surface area contributed by atoms with E-state index in [4.69, 9.17) is 0 Å². The van der Waals surface area contributed by atoms with Crippen LogP contribution in [0.4, 0.5) is 0 Å². The second-order valence-corrected chi connectivity index (χ2v) is 5.38. The van der Waals surface area contributed by atoms with E-state index in [2.05, 4.69) is 5.32 Å². The molecule has 4 heteroatoms. The van der Waals surface area contributed by atoms with Crippen LogP contribution in [0, 0.1) is 0 Å². The molecular formula is C12H17NO2S. The summed E-state index contributed by atoms with van der Waals surface area (Å²) in [5.74, 6) is -0.0500. The van der Waals surface area contributed by atoms with Crippen molar-refractivity contribution in [1.82, 2.24) is 5.32 Å². The minimum atomic E-state index is -0.376. The highest BCUT2D eigenvalue weighted by Gasteiger charge is 2.33. The topological polar surface area (TPSA) is 49.3 Å². The number of hydrogen-bond donors (Lipinski definition) is 2. The zero-order chi connectivity index (χ0) is 11.4. The number of carbonyl (C=O) groups excluding carboxylic acids is 1. The summed E-state index contributed by atoms with van der Waals surface area (Å²) in [5.41, 5.74) is -0.376. The van der Waals surface area contributed by atoms with Gasteiger partial charge in [-0.25, -0.2) is 0 Å². The van der Waals surface area contributed by atoms with Gasteiger partial charge in [0.05, 0.1) is 17.0 Å². The summed E-state index contributed by atoms with van der Waals surface area (Å²) in [5, 5.41) is 14.4. The highest BCUT2D eigenvalue weighted by atomic mass is 32.1. The van der Waals surface area contributed by atoms with Crippen LogP contribution in [0.3, 0.4) is 0 Å². The number of thiophene rings is 1. The molecule has 2 N–H and O–H groups in total. The first kappa shape index (κ1) is 11.6. The second kappa shape index (κ2) is 4.97. The fourth-order valence-corrected chi connectivity index (χ4v) is 2.88. The fraction of sp³-hybridized carbons (Fsp3) is 0.583. The Balaban J connectivity index is 2.03. The molecule has 1 aliphatic rings. The lowest BCUT2D eigenvalue weighted by molar-refractivity contribution is 0.0762. The summed E-state index contributed by atoms with van der Waals surface area (Å²) >= 11 is 1.44. The van der Waals surface area contributed by atoms with Crippen LogP contribution in [-0.2, 0) is 0 Å². The summed E-state index contributed by atoms with van der Waals surface area (Å²) in [6, 6.07) is 3.68. The first-order chi connectivity index (χ1) is 7.76. The number of aliphatic hydroxyl groups excluding tert-OH is 1. The van der Waals surface area contributed by atoms with Crippen molar-refractivity contribution in [3.05, 3.63) is 22.4 Å². The molecule has 0 radical (unpaired) electrons. The van der Waals surface area contributed by atoms with Crippen molar-refractivity contribution in [2.45, 2.75) is 37.6 Å². The molecule has 0 atom stereocenters. The Morgan fingerprint density at radius 1 is 1.44 bits per heavy atom. The van der Waals surface area contributed by atoms with Crippen molar-refractivity contribution in [3.8, 4) is 0 Å². The van der Waals surface area contributed by atoms with Gasteiger partial charge in [-0.3, -0.25) is 4.79 Å². The van der Waals surface area contributed by atoms with E-state index in [9.17, 15) is 9.90 Å². The molecule has 1 aromatic rings. The number of aliphatic hydroxyl groups is 1. The molecule has 0 unspecified atom stereocenters. The standard InChI is InChI=1S/C12H17NO2S/c14-9-12(6-2-1-3-7-12)13-11(15)10-5-4-8-16-10/h4-5,8,14H,1-3,6-7,9H2,(H,13,15). The minimum Gasteiger partial charge on any atom is -0.394 e. The third-order valence-electron chi connectivity index (χ3n) is 3.24. The van der Waals surface area contributed by atoms with Crippen molar-refractivity contribution in [1.29, 1.82) is 0 Å². The van der Waals surface area contributed by atoms with Gasteiger partial charge in [-0.15, -0.1) is 11.3 Å². The molecule has 0 spiro atoms. The largest absolute Gasteiger partial charge is 0.394 e. The van der Waals surface area contributed by atoms with Gasteiger partial charge in [-0.2, -0.15) is 0 Å². The van der Waals surface area contributed by atoms with E-state index in [-0.39, 0.29) is 18.1 Å². The first-order valence-electron chi connectivity index (χ1n) is 5.73. The van der Waals surface area contributed by atoms with E-state index < -0.39 is 0 Å². The van der Waals surface area contributed by atoms with E-state index >= 15 is 0 Å². The number of amides is 1. The Hall–Kier alpha value is -0.870. The Kier molecular flexibility index (Phi) is 3.61. The molecule has 1 aromatic heterocycles. The number of hydrogen-bond acceptors (Lipinski definition) is 3. The summed E-state index contributed by atoms with van der Waals surface area (Å²) in [7, 11) is 0. The third-order valence-corrected chi connectivity index (χ3v) is 4.11. The molecule has 0 bridgehead atoms. The lowest BCUT2D eigenvalue weighted by Gasteiger charge is -2.36. The van der Waals surface area contributed by atoms with Crippen LogP contribution in [0.2, 0.25) is 0 Å². The van der Waals surface area contributed by atoms with E-state index in [1.807, 2.05) is 17.5 Å². The molecule has 16 heavy (non-hydrogen) atoms.